The predicted octanol–water partition coefficient (Wildman–Crippen LogP) is 4.30. The molecule has 0 bridgehead atoms. The Kier molecular flexibility index (Phi) is 6.71. The fraction of sp³-hybridized carbons (Fsp3) is 0.524. The number of alkyl halides is 1. The normalized spacial score (nSPS) is 16.5. The van der Waals surface area contributed by atoms with E-state index in [1.807, 2.05) is 0 Å². The first-order valence-electron chi connectivity index (χ1n) is 9.77. The molecule has 2 aromatic heterocycles. The highest BCUT2D eigenvalue weighted by Crippen LogP contribution is 2.33. The summed E-state index contributed by atoms with van der Waals surface area (Å²) in [7, 11) is 0. The minimum atomic E-state index is -1.19. The highest BCUT2D eigenvalue weighted by atomic mass is 35.5. The standard InChI is InChI=1S/C21H27ClF2N4O/c1-13(29)4-5-25-18-7-19(22)26-9-16(18)20-17(23)6-14(8-27-20)10-28-11-15(12-28)21(2,3)24/h6-9,13,15,29H,4-5,10-12H2,1-3H3,(H,25,26)/t13-/m1/s1. The summed E-state index contributed by atoms with van der Waals surface area (Å²) < 4.78 is 28.8. The van der Waals surface area contributed by atoms with Crippen LogP contribution in [0.5, 0.6) is 0 Å². The summed E-state index contributed by atoms with van der Waals surface area (Å²) in [5.74, 6) is -0.442. The van der Waals surface area contributed by atoms with E-state index in [4.69, 9.17) is 11.6 Å². The van der Waals surface area contributed by atoms with E-state index in [0.717, 1.165) is 5.56 Å². The van der Waals surface area contributed by atoms with E-state index in [0.29, 0.717) is 43.9 Å². The number of hydrogen-bond acceptors (Lipinski definition) is 5. The topological polar surface area (TPSA) is 61.3 Å². The zero-order valence-corrected chi connectivity index (χ0v) is 17.7. The van der Waals surface area contributed by atoms with Gasteiger partial charge in [-0.1, -0.05) is 11.6 Å². The molecule has 1 aliphatic heterocycles. The molecule has 3 heterocycles. The Hall–Kier alpha value is -1.83. The Morgan fingerprint density at radius 3 is 2.66 bits per heavy atom. The maximum Gasteiger partial charge on any atom is 0.149 e. The minimum absolute atomic E-state index is 0.00925. The molecule has 0 aliphatic carbocycles. The fourth-order valence-electron chi connectivity index (χ4n) is 3.33. The van der Waals surface area contributed by atoms with Crippen molar-refractivity contribution in [2.75, 3.05) is 25.0 Å². The molecular weight excluding hydrogens is 398 g/mol. The molecule has 1 atom stereocenters. The average molecular weight is 425 g/mol. The van der Waals surface area contributed by atoms with Crippen LogP contribution in [0, 0.1) is 11.7 Å². The molecule has 0 spiro atoms. The molecule has 29 heavy (non-hydrogen) atoms. The van der Waals surface area contributed by atoms with E-state index in [2.05, 4.69) is 20.2 Å². The summed E-state index contributed by atoms with van der Waals surface area (Å²) in [6.07, 6.45) is 3.23. The minimum Gasteiger partial charge on any atom is -0.393 e. The molecule has 0 aromatic carbocycles. The number of likely N-dealkylation sites (tertiary alicyclic amines) is 1. The zero-order chi connectivity index (χ0) is 21.2. The summed E-state index contributed by atoms with van der Waals surface area (Å²) in [6.45, 7) is 7.25. The van der Waals surface area contributed by atoms with E-state index >= 15 is 0 Å². The summed E-state index contributed by atoms with van der Waals surface area (Å²) in [4.78, 5) is 10.4. The van der Waals surface area contributed by atoms with E-state index in [1.165, 1.54) is 12.3 Å². The number of aliphatic hydroxyl groups is 1. The van der Waals surface area contributed by atoms with Gasteiger partial charge in [0.25, 0.3) is 0 Å². The first kappa shape index (κ1) is 21.9. The van der Waals surface area contributed by atoms with Crippen molar-refractivity contribution in [3.63, 3.8) is 0 Å². The lowest BCUT2D eigenvalue weighted by Gasteiger charge is -2.44. The number of halogens is 3. The summed E-state index contributed by atoms with van der Waals surface area (Å²) in [6, 6.07) is 3.08. The SMILES string of the molecule is C[C@@H](O)CCNc1cc(Cl)ncc1-c1ncc(CN2CC(C(C)(C)F)C2)cc1F. The Labute approximate surface area is 175 Å². The van der Waals surface area contributed by atoms with Gasteiger partial charge < -0.3 is 10.4 Å². The summed E-state index contributed by atoms with van der Waals surface area (Å²) in [5, 5.41) is 12.9. The number of anilines is 1. The number of aliphatic hydroxyl groups excluding tert-OH is 1. The van der Waals surface area contributed by atoms with Crippen molar-refractivity contribution < 1.29 is 13.9 Å². The van der Waals surface area contributed by atoms with Gasteiger partial charge in [0.15, 0.2) is 0 Å². The largest absolute Gasteiger partial charge is 0.393 e. The van der Waals surface area contributed by atoms with Crippen LogP contribution in [0.2, 0.25) is 5.15 Å². The Morgan fingerprint density at radius 1 is 1.31 bits per heavy atom. The van der Waals surface area contributed by atoms with Crippen molar-refractivity contribution in [3.05, 3.63) is 41.1 Å². The molecule has 158 valence electrons. The van der Waals surface area contributed by atoms with Gasteiger partial charge in [-0.3, -0.25) is 9.88 Å². The van der Waals surface area contributed by atoms with E-state index in [-0.39, 0.29) is 16.8 Å². The number of aromatic nitrogens is 2. The molecule has 3 rings (SSSR count). The van der Waals surface area contributed by atoms with Crippen LogP contribution >= 0.6 is 11.6 Å². The van der Waals surface area contributed by atoms with Crippen molar-refractivity contribution >= 4 is 17.3 Å². The van der Waals surface area contributed by atoms with Gasteiger partial charge >= 0.3 is 0 Å². The highest BCUT2D eigenvalue weighted by molar-refractivity contribution is 6.29. The molecular formula is C21H27ClF2N4O. The van der Waals surface area contributed by atoms with Gasteiger partial charge in [-0.15, -0.1) is 0 Å². The zero-order valence-electron chi connectivity index (χ0n) is 16.9. The van der Waals surface area contributed by atoms with E-state index in [1.54, 1.807) is 33.0 Å². The lowest BCUT2D eigenvalue weighted by Crippen LogP contribution is -2.53. The van der Waals surface area contributed by atoms with Crippen LogP contribution in [-0.2, 0) is 6.54 Å². The van der Waals surface area contributed by atoms with Gasteiger partial charge in [0, 0.05) is 55.7 Å². The maximum absolute atomic E-state index is 14.8. The van der Waals surface area contributed by atoms with Gasteiger partial charge in [0.05, 0.1) is 6.10 Å². The van der Waals surface area contributed by atoms with Gasteiger partial charge in [-0.2, -0.15) is 0 Å². The smallest absolute Gasteiger partial charge is 0.149 e. The van der Waals surface area contributed by atoms with E-state index in [9.17, 15) is 13.9 Å². The summed E-state index contributed by atoms with van der Waals surface area (Å²) >= 11 is 5.99. The molecule has 8 heteroatoms. The molecule has 2 N–H and O–H groups in total. The quantitative estimate of drug-likeness (QED) is 0.619. The van der Waals surface area contributed by atoms with Crippen LogP contribution in [0.25, 0.3) is 11.3 Å². The van der Waals surface area contributed by atoms with Crippen LogP contribution in [-0.4, -0.2) is 51.4 Å². The molecule has 1 aliphatic rings. The Bertz CT molecular complexity index is 851. The molecule has 0 amide bonds. The van der Waals surface area contributed by atoms with Crippen LogP contribution in [0.15, 0.2) is 24.5 Å². The number of nitrogens with one attached hydrogen (secondary N) is 1. The fourth-order valence-corrected chi connectivity index (χ4v) is 3.49. The monoisotopic (exact) mass is 424 g/mol. The van der Waals surface area contributed by atoms with Gasteiger partial charge in [0.1, 0.15) is 22.3 Å². The van der Waals surface area contributed by atoms with Crippen LogP contribution in [0.1, 0.15) is 32.8 Å². The summed E-state index contributed by atoms with van der Waals surface area (Å²) in [5.41, 5.74) is 0.853. The maximum atomic E-state index is 14.8. The second-order valence-electron chi connectivity index (χ2n) is 8.25. The number of hydrogen-bond donors (Lipinski definition) is 2. The average Bonchev–Trinajstić information content (AvgIpc) is 2.57. The second kappa shape index (κ2) is 8.90. The molecule has 2 aromatic rings. The highest BCUT2D eigenvalue weighted by Gasteiger charge is 2.38. The van der Waals surface area contributed by atoms with Crippen LogP contribution < -0.4 is 5.32 Å². The molecule has 0 radical (unpaired) electrons. The lowest BCUT2D eigenvalue weighted by molar-refractivity contribution is -0.0124. The first-order chi connectivity index (χ1) is 13.6. The third-order valence-electron chi connectivity index (χ3n) is 5.24. The van der Waals surface area contributed by atoms with Gasteiger partial charge in [-0.25, -0.2) is 13.8 Å². The molecule has 1 saturated heterocycles. The predicted molar refractivity (Wildman–Crippen MR) is 111 cm³/mol. The molecule has 5 nitrogen and oxygen atoms in total. The van der Waals surface area contributed by atoms with E-state index < -0.39 is 17.6 Å². The second-order valence-corrected chi connectivity index (χ2v) is 8.63. The first-order valence-corrected chi connectivity index (χ1v) is 10.1. The van der Waals surface area contributed by atoms with Crippen LogP contribution in [0.3, 0.4) is 0 Å². The molecule has 1 fully saturated rings. The number of nitrogens with zero attached hydrogens (tertiary/aromatic N) is 3. The molecule has 0 unspecified atom stereocenters. The van der Waals surface area contributed by atoms with Crippen molar-refractivity contribution in [1.82, 2.24) is 14.9 Å². The van der Waals surface area contributed by atoms with Crippen molar-refractivity contribution in [2.24, 2.45) is 5.92 Å². The van der Waals surface area contributed by atoms with Crippen LogP contribution in [0.4, 0.5) is 14.5 Å². The number of rotatable bonds is 8. The van der Waals surface area contributed by atoms with Crippen molar-refractivity contribution in [1.29, 1.82) is 0 Å². The Balaban J connectivity index is 1.72. The number of pyridine rings is 2. The third kappa shape index (κ3) is 5.62. The van der Waals surface area contributed by atoms with Crippen molar-refractivity contribution in [3.8, 4) is 11.3 Å². The Morgan fingerprint density at radius 2 is 2.03 bits per heavy atom. The third-order valence-corrected chi connectivity index (χ3v) is 5.44. The molecule has 0 saturated carbocycles. The van der Waals surface area contributed by atoms with Gasteiger partial charge in [-0.05, 0) is 44.9 Å². The van der Waals surface area contributed by atoms with Gasteiger partial charge in [0.2, 0.25) is 0 Å². The van der Waals surface area contributed by atoms with Crippen molar-refractivity contribution in [2.45, 2.75) is 45.5 Å². The lowest BCUT2D eigenvalue weighted by atomic mass is 9.85.